The topological polar surface area (TPSA) is 38.7 Å². The minimum absolute atomic E-state index is 0.614. The highest BCUT2D eigenvalue weighted by Gasteiger charge is 2.20. The van der Waals surface area contributed by atoms with Crippen LogP contribution in [0.25, 0.3) is 78.7 Å². The minimum atomic E-state index is 0.614. The molecule has 360 valence electrons. The van der Waals surface area contributed by atoms with Crippen molar-refractivity contribution in [2.75, 3.05) is 0 Å². The van der Waals surface area contributed by atoms with Crippen LogP contribution in [0.3, 0.4) is 0 Å². The quantitative estimate of drug-likeness (QED) is 0.108. The van der Waals surface area contributed by atoms with Crippen molar-refractivity contribution in [2.45, 2.75) is 12.8 Å². The van der Waals surface area contributed by atoms with Gasteiger partial charge < -0.3 is 0 Å². The van der Waals surface area contributed by atoms with Crippen molar-refractivity contribution >= 4 is 22.3 Å². The van der Waals surface area contributed by atoms with Crippen LogP contribution in [-0.2, 0) is 0 Å². The second-order valence-corrected chi connectivity index (χ2v) is 19.0. The van der Waals surface area contributed by atoms with Crippen molar-refractivity contribution in [1.29, 1.82) is 0 Å². The van der Waals surface area contributed by atoms with E-state index in [1.165, 1.54) is 50.1 Å². The largest absolute Gasteiger partial charge is 0.208 e. The van der Waals surface area contributed by atoms with Crippen LogP contribution in [-0.4, -0.2) is 15.0 Å². The van der Waals surface area contributed by atoms with Gasteiger partial charge in [0.15, 0.2) is 17.5 Å². The summed E-state index contributed by atoms with van der Waals surface area (Å²) in [5.41, 5.74) is 21.4. The molecule has 0 spiro atoms. The average molecular weight is 972 g/mol. The number of nitrogens with zero attached hydrogens (tertiary/aromatic N) is 3. The second-order valence-electron chi connectivity index (χ2n) is 19.0. The molecule has 3 nitrogen and oxygen atoms in total. The Morgan fingerprint density at radius 1 is 0.237 bits per heavy atom. The van der Waals surface area contributed by atoms with E-state index in [4.69, 9.17) is 15.0 Å². The van der Waals surface area contributed by atoms with E-state index in [9.17, 15) is 0 Å². The van der Waals surface area contributed by atoms with E-state index in [0.717, 1.165) is 68.5 Å². The Morgan fingerprint density at radius 2 is 0.526 bits per heavy atom. The molecule has 0 saturated carbocycles. The first-order valence-corrected chi connectivity index (χ1v) is 26.1. The van der Waals surface area contributed by atoms with Gasteiger partial charge in [-0.05, 0) is 114 Å². The molecular weight excluding hydrogens is 919 g/mol. The summed E-state index contributed by atoms with van der Waals surface area (Å²) in [7, 11) is 0. The molecule has 0 aliphatic heterocycles. The van der Waals surface area contributed by atoms with E-state index in [1.807, 2.05) is 18.2 Å². The summed E-state index contributed by atoms with van der Waals surface area (Å²) in [6.07, 6.45) is 9.05. The lowest BCUT2D eigenvalue weighted by Gasteiger charge is -2.20. The summed E-state index contributed by atoms with van der Waals surface area (Å²) in [5.74, 6) is 1.85. The third-order valence-corrected chi connectivity index (χ3v) is 14.0. The van der Waals surface area contributed by atoms with E-state index in [0.29, 0.717) is 17.5 Å². The fourth-order valence-electron chi connectivity index (χ4n) is 10.3. The molecule has 0 N–H and O–H groups in total. The number of rotatable bonds is 13. The van der Waals surface area contributed by atoms with E-state index < -0.39 is 0 Å². The Morgan fingerprint density at radius 3 is 0.895 bits per heavy atom. The van der Waals surface area contributed by atoms with Gasteiger partial charge in [-0.2, -0.15) is 0 Å². The van der Waals surface area contributed by atoms with Gasteiger partial charge in [0.2, 0.25) is 0 Å². The van der Waals surface area contributed by atoms with Gasteiger partial charge >= 0.3 is 0 Å². The molecule has 0 amide bonds. The number of hydrogen-bond acceptors (Lipinski definition) is 3. The van der Waals surface area contributed by atoms with Crippen LogP contribution in [0, 0.1) is 0 Å². The molecule has 0 bridgehead atoms. The molecule has 0 saturated heterocycles. The summed E-state index contributed by atoms with van der Waals surface area (Å²) >= 11 is 0. The van der Waals surface area contributed by atoms with E-state index in [1.54, 1.807) is 0 Å². The number of hydrogen-bond donors (Lipinski definition) is 0. The first-order chi connectivity index (χ1) is 37.7. The summed E-state index contributed by atoms with van der Waals surface area (Å²) in [4.78, 5) is 15.4. The number of allylic oxidation sites excluding steroid dienone is 5. The first-order valence-electron chi connectivity index (χ1n) is 26.1. The van der Waals surface area contributed by atoms with Gasteiger partial charge in [-0.15, -0.1) is 0 Å². The highest BCUT2D eigenvalue weighted by atomic mass is 15.0. The summed E-state index contributed by atoms with van der Waals surface area (Å²) in [6, 6.07) is 99.0. The lowest BCUT2D eigenvalue weighted by atomic mass is 9.83. The highest BCUT2D eigenvalue weighted by molar-refractivity contribution is 6.06. The van der Waals surface area contributed by atoms with E-state index in [-0.39, 0.29) is 0 Å². The zero-order valence-corrected chi connectivity index (χ0v) is 42.0. The van der Waals surface area contributed by atoms with Crippen LogP contribution in [0.4, 0.5) is 0 Å². The smallest absolute Gasteiger partial charge is 0.164 e. The van der Waals surface area contributed by atoms with E-state index >= 15 is 0 Å². The molecule has 11 aromatic rings. The maximum atomic E-state index is 5.17. The molecule has 1 aliphatic carbocycles. The van der Waals surface area contributed by atoms with Gasteiger partial charge in [0.05, 0.1) is 0 Å². The maximum Gasteiger partial charge on any atom is 0.164 e. The molecule has 1 aromatic heterocycles. The molecular formula is C73H53N3. The Labute approximate surface area is 446 Å². The van der Waals surface area contributed by atoms with E-state index in [2.05, 4.69) is 279 Å². The normalized spacial score (nSPS) is 12.3. The maximum absolute atomic E-state index is 5.17. The SMILES string of the molecule is C1=CC(/C(=C(\c2ccccc2)c2cccc(-c3ccc(-c4nc(-c5ccccc5)nc(-c5ccc(-c6cccc(C(=C(c7ccccc7)c7ccccc7)c7ccccc7)c6)cc5)n4)cc3)c2)c2ccccc2)=CCC1. The van der Waals surface area contributed by atoms with Crippen molar-refractivity contribution in [1.82, 2.24) is 15.0 Å². The Balaban J connectivity index is 0.895. The Hall–Kier alpha value is -9.83. The predicted octanol–water partition coefficient (Wildman–Crippen LogP) is 18.4. The fraction of sp³-hybridized carbons (Fsp3) is 0.0274. The standard InChI is InChI=1S/C73H53N3/c1-8-24-54(25-9-1)67(55-26-10-2-11-27-55)69(58-32-16-5-17-33-58)65-40-22-38-63(50-65)52-42-46-61(47-43-52)72-74-71(60-36-20-7-21-37-60)75-73(76-72)62-48-44-53(45-49-62)64-39-23-41-66(51-64)70(59-34-18-6-19-35-59)68(56-28-12-3-13-29-56)57-30-14-4-15-31-57/h1-3,5-14,16-51H,4,15H2/b70-68+. The number of aromatic nitrogens is 3. The van der Waals surface area contributed by atoms with Crippen LogP contribution in [0.1, 0.15) is 51.8 Å². The van der Waals surface area contributed by atoms with Crippen molar-refractivity contribution in [2.24, 2.45) is 0 Å². The van der Waals surface area contributed by atoms with Gasteiger partial charge in [-0.3, -0.25) is 0 Å². The molecule has 10 aromatic carbocycles. The summed E-state index contributed by atoms with van der Waals surface area (Å²) < 4.78 is 0. The van der Waals surface area contributed by atoms with Crippen LogP contribution < -0.4 is 0 Å². The van der Waals surface area contributed by atoms with Gasteiger partial charge in [-0.25, -0.2) is 15.0 Å². The lowest BCUT2D eigenvalue weighted by molar-refractivity contribution is 1.03. The predicted molar refractivity (Wildman–Crippen MR) is 317 cm³/mol. The van der Waals surface area contributed by atoms with Crippen LogP contribution in [0.5, 0.6) is 0 Å². The highest BCUT2D eigenvalue weighted by Crippen LogP contribution is 2.41. The molecule has 1 heterocycles. The van der Waals surface area contributed by atoms with Crippen LogP contribution in [0.2, 0.25) is 0 Å². The van der Waals surface area contributed by atoms with Crippen molar-refractivity contribution in [3.8, 4) is 56.4 Å². The first kappa shape index (κ1) is 47.2. The van der Waals surface area contributed by atoms with Gasteiger partial charge in [0.25, 0.3) is 0 Å². The van der Waals surface area contributed by atoms with Gasteiger partial charge in [-0.1, -0.05) is 285 Å². The lowest BCUT2D eigenvalue weighted by Crippen LogP contribution is -2.00. The van der Waals surface area contributed by atoms with Crippen molar-refractivity contribution in [3.63, 3.8) is 0 Å². The molecule has 12 rings (SSSR count). The Bertz CT molecular complexity index is 3860. The molecule has 0 unspecified atom stereocenters. The molecule has 0 atom stereocenters. The third-order valence-electron chi connectivity index (χ3n) is 14.0. The second kappa shape index (κ2) is 22.1. The van der Waals surface area contributed by atoms with Crippen LogP contribution in [0.15, 0.2) is 303 Å². The zero-order valence-electron chi connectivity index (χ0n) is 42.0. The third kappa shape index (κ3) is 10.2. The van der Waals surface area contributed by atoms with Crippen molar-refractivity contribution in [3.05, 3.63) is 342 Å². The fourth-order valence-corrected chi connectivity index (χ4v) is 10.3. The summed E-state index contributed by atoms with van der Waals surface area (Å²) in [5, 5.41) is 0. The molecule has 1 aliphatic rings. The molecule has 0 radical (unpaired) electrons. The number of benzene rings is 10. The Kier molecular flexibility index (Phi) is 13.7. The average Bonchev–Trinajstić information content (AvgIpc) is 3.52. The van der Waals surface area contributed by atoms with Crippen molar-refractivity contribution < 1.29 is 0 Å². The molecule has 0 fully saturated rings. The zero-order chi connectivity index (χ0) is 50.9. The summed E-state index contributed by atoms with van der Waals surface area (Å²) in [6.45, 7) is 0. The monoisotopic (exact) mass is 971 g/mol. The van der Waals surface area contributed by atoms with Gasteiger partial charge in [0.1, 0.15) is 0 Å². The molecule has 3 heteroatoms. The van der Waals surface area contributed by atoms with Gasteiger partial charge in [0, 0.05) is 16.7 Å². The minimum Gasteiger partial charge on any atom is -0.208 e. The molecule has 76 heavy (non-hydrogen) atoms. The van der Waals surface area contributed by atoms with Crippen LogP contribution >= 0.6 is 0 Å².